The lowest BCUT2D eigenvalue weighted by molar-refractivity contribution is 0.0950. The average Bonchev–Trinajstić information content (AvgIpc) is 3.48. The van der Waals surface area contributed by atoms with E-state index in [1.165, 1.54) is 39.8 Å². The number of hydrogen-bond acceptors (Lipinski definition) is 8. The van der Waals surface area contributed by atoms with Crippen molar-refractivity contribution in [2.75, 3.05) is 0 Å². The van der Waals surface area contributed by atoms with Crippen LogP contribution in [0, 0.1) is 5.82 Å². The van der Waals surface area contributed by atoms with E-state index in [0.717, 1.165) is 11.1 Å². The molecule has 0 saturated carbocycles. The van der Waals surface area contributed by atoms with Crippen molar-refractivity contribution in [3.63, 3.8) is 0 Å². The molecular weight excluding hydrogens is 465 g/mol. The van der Waals surface area contributed by atoms with Crippen LogP contribution in [0.25, 0.3) is 16.7 Å². The van der Waals surface area contributed by atoms with Crippen molar-refractivity contribution in [1.82, 2.24) is 34.7 Å². The van der Waals surface area contributed by atoms with Gasteiger partial charge in [-0.25, -0.2) is 4.39 Å². The first-order valence-corrected chi connectivity index (χ1v) is 11.6. The third-order valence-corrected chi connectivity index (χ3v) is 6.99. The van der Waals surface area contributed by atoms with Gasteiger partial charge in [0.1, 0.15) is 10.8 Å². The fourth-order valence-electron chi connectivity index (χ4n) is 3.29. The number of nitrogens with zero attached hydrogens (tertiary/aromatic N) is 6. The molecule has 2 aromatic carbocycles. The van der Waals surface area contributed by atoms with Crippen LogP contribution < -0.4 is 10.9 Å². The molecular formula is C21H16FN7O2S2. The number of para-hydroxylation sites is 1. The minimum absolute atomic E-state index is 0.137. The zero-order valence-electron chi connectivity index (χ0n) is 17.2. The SMILES string of the molecule is Cn1c(=O)c2ccccc2n2c(SCc3nnc(C(=O)NCc4ccc(F)cc4)s3)nnc12. The lowest BCUT2D eigenvalue weighted by Crippen LogP contribution is -2.22. The van der Waals surface area contributed by atoms with E-state index in [1.54, 1.807) is 25.2 Å². The quantitative estimate of drug-likeness (QED) is 0.372. The topological polar surface area (TPSA) is 107 Å². The van der Waals surface area contributed by atoms with E-state index in [0.29, 0.717) is 27.1 Å². The number of carbonyl (C=O) groups is 1. The fraction of sp³-hybridized carbons (Fsp3) is 0.143. The molecule has 1 amide bonds. The third-order valence-electron chi connectivity index (χ3n) is 4.95. The maximum atomic E-state index is 13.0. The molecule has 3 heterocycles. The van der Waals surface area contributed by atoms with Gasteiger partial charge in [0.15, 0.2) is 5.16 Å². The Balaban J connectivity index is 1.31. The largest absolute Gasteiger partial charge is 0.346 e. The summed E-state index contributed by atoms with van der Waals surface area (Å²) in [6, 6.07) is 13.2. The normalized spacial score (nSPS) is 11.3. The van der Waals surface area contributed by atoms with Crippen molar-refractivity contribution in [1.29, 1.82) is 0 Å². The molecule has 5 aromatic rings. The van der Waals surface area contributed by atoms with Crippen LogP contribution in [0.15, 0.2) is 58.5 Å². The summed E-state index contributed by atoms with van der Waals surface area (Å²) in [7, 11) is 1.66. The Hall–Kier alpha value is -3.64. The number of hydrogen-bond donors (Lipinski definition) is 1. The molecule has 0 aliphatic heterocycles. The first-order chi connectivity index (χ1) is 16.0. The molecule has 0 fully saturated rings. The highest BCUT2D eigenvalue weighted by molar-refractivity contribution is 7.98. The van der Waals surface area contributed by atoms with Crippen molar-refractivity contribution in [3.05, 3.63) is 80.3 Å². The van der Waals surface area contributed by atoms with Crippen LogP contribution in [-0.4, -0.2) is 35.3 Å². The van der Waals surface area contributed by atoms with Gasteiger partial charge in [-0.05, 0) is 29.8 Å². The Morgan fingerprint density at radius 1 is 1.09 bits per heavy atom. The summed E-state index contributed by atoms with van der Waals surface area (Å²) in [5.41, 5.74) is 1.37. The molecule has 0 spiro atoms. The Morgan fingerprint density at radius 3 is 2.70 bits per heavy atom. The Labute approximate surface area is 194 Å². The number of aromatic nitrogens is 6. The van der Waals surface area contributed by atoms with Crippen LogP contribution in [0.3, 0.4) is 0 Å². The van der Waals surface area contributed by atoms with Gasteiger partial charge in [-0.2, -0.15) is 0 Å². The number of thioether (sulfide) groups is 1. The summed E-state index contributed by atoms with van der Waals surface area (Å²) in [6.07, 6.45) is 0. The minimum Gasteiger partial charge on any atom is -0.346 e. The van der Waals surface area contributed by atoms with Crippen LogP contribution in [-0.2, 0) is 19.3 Å². The summed E-state index contributed by atoms with van der Waals surface area (Å²) in [5, 5.41) is 21.3. The second-order valence-electron chi connectivity index (χ2n) is 7.10. The van der Waals surface area contributed by atoms with Crippen molar-refractivity contribution in [3.8, 4) is 0 Å². The highest BCUT2D eigenvalue weighted by Crippen LogP contribution is 2.25. The summed E-state index contributed by atoms with van der Waals surface area (Å²) in [5.74, 6) is 0.203. The summed E-state index contributed by atoms with van der Waals surface area (Å²) < 4.78 is 16.3. The van der Waals surface area contributed by atoms with E-state index in [4.69, 9.17) is 0 Å². The lowest BCUT2D eigenvalue weighted by atomic mass is 10.2. The number of nitrogens with one attached hydrogen (secondary N) is 1. The van der Waals surface area contributed by atoms with Gasteiger partial charge in [0.05, 0.1) is 16.7 Å². The van der Waals surface area contributed by atoms with Crippen LogP contribution >= 0.6 is 23.1 Å². The molecule has 0 aliphatic rings. The third kappa shape index (κ3) is 4.10. The molecule has 3 aromatic heterocycles. The van der Waals surface area contributed by atoms with Crippen molar-refractivity contribution < 1.29 is 9.18 Å². The predicted molar refractivity (Wildman–Crippen MR) is 123 cm³/mol. The fourth-order valence-corrected chi connectivity index (χ4v) is 4.98. The highest BCUT2D eigenvalue weighted by Gasteiger charge is 2.17. The zero-order chi connectivity index (χ0) is 22.9. The molecule has 5 rings (SSSR count). The summed E-state index contributed by atoms with van der Waals surface area (Å²) in [6.45, 7) is 0.264. The highest BCUT2D eigenvalue weighted by atomic mass is 32.2. The van der Waals surface area contributed by atoms with Crippen LogP contribution in [0.4, 0.5) is 4.39 Å². The van der Waals surface area contributed by atoms with E-state index in [9.17, 15) is 14.0 Å². The van der Waals surface area contributed by atoms with E-state index >= 15 is 0 Å². The molecule has 0 aliphatic carbocycles. The molecule has 1 N–H and O–H groups in total. The number of fused-ring (bicyclic) bond motifs is 3. The van der Waals surface area contributed by atoms with Gasteiger partial charge in [-0.15, -0.1) is 20.4 Å². The average molecular weight is 482 g/mol. The van der Waals surface area contributed by atoms with Gasteiger partial charge < -0.3 is 5.32 Å². The number of carbonyl (C=O) groups excluding carboxylic acids is 1. The second kappa shape index (κ2) is 8.71. The second-order valence-corrected chi connectivity index (χ2v) is 9.10. The first kappa shape index (κ1) is 21.2. The molecule has 0 bridgehead atoms. The van der Waals surface area contributed by atoms with E-state index in [1.807, 2.05) is 22.6 Å². The van der Waals surface area contributed by atoms with Crippen molar-refractivity contribution in [2.24, 2.45) is 7.05 Å². The molecule has 0 atom stereocenters. The molecule has 9 nitrogen and oxygen atoms in total. The molecule has 12 heteroatoms. The number of benzene rings is 2. The van der Waals surface area contributed by atoms with Gasteiger partial charge in [-0.3, -0.25) is 18.6 Å². The van der Waals surface area contributed by atoms with Gasteiger partial charge in [0, 0.05) is 13.6 Å². The maximum absolute atomic E-state index is 13.0. The number of rotatable bonds is 6. The summed E-state index contributed by atoms with van der Waals surface area (Å²) >= 11 is 2.58. The smallest absolute Gasteiger partial charge is 0.282 e. The molecule has 0 radical (unpaired) electrons. The van der Waals surface area contributed by atoms with Gasteiger partial charge >= 0.3 is 0 Å². The predicted octanol–water partition coefficient (Wildman–Crippen LogP) is 2.79. The minimum atomic E-state index is -0.345. The van der Waals surface area contributed by atoms with Crippen LogP contribution in [0.2, 0.25) is 0 Å². The molecule has 0 saturated heterocycles. The van der Waals surface area contributed by atoms with Crippen molar-refractivity contribution in [2.45, 2.75) is 17.5 Å². The molecule has 33 heavy (non-hydrogen) atoms. The van der Waals surface area contributed by atoms with Gasteiger partial charge in [-0.1, -0.05) is 47.4 Å². The van der Waals surface area contributed by atoms with Crippen LogP contribution in [0.5, 0.6) is 0 Å². The van der Waals surface area contributed by atoms with E-state index < -0.39 is 0 Å². The Morgan fingerprint density at radius 2 is 1.88 bits per heavy atom. The lowest BCUT2D eigenvalue weighted by Gasteiger charge is -2.06. The van der Waals surface area contributed by atoms with E-state index in [-0.39, 0.29) is 28.8 Å². The number of amides is 1. The molecule has 166 valence electrons. The van der Waals surface area contributed by atoms with Crippen molar-refractivity contribution >= 4 is 45.7 Å². The van der Waals surface area contributed by atoms with Gasteiger partial charge in [0.2, 0.25) is 10.8 Å². The summed E-state index contributed by atoms with van der Waals surface area (Å²) in [4.78, 5) is 24.9. The first-order valence-electron chi connectivity index (χ1n) is 9.82. The zero-order valence-corrected chi connectivity index (χ0v) is 18.9. The Bertz CT molecular complexity index is 1540. The van der Waals surface area contributed by atoms with Crippen LogP contribution in [0.1, 0.15) is 20.4 Å². The maximum Gasteiger partial charge on any atom is 0.282 e. The van der Waals surface area contributed by atoms with E-state index in [2.05, 4.69) is 25.7 Å². The number of aryl methyl sites for hydroxylation is 1. The Kier molecular flexibility index (Phi) is 5.60. The number of halogens is 1. The standard InChI is InChI=1S/C21H16FN7O2S2/c1-28-19(31)14-4-2-3-5-15(14)29-20(28)26-27-21(29)32-11-16-24-25-18(33-16)17(30)23-10-12-6-8-13(22)9-7-12/h2-9H,10-11H2,1H3,(H,23,30). The molecule has 0 unspecified atom stereocenters. The van der Waals surface area contributed by atoms with Gasteiger partial charge in [0.25, 0.3) is 11.5 Å². The monoisotopic (exact) mass is 481 g/mol.